The van der Waals surface area contributed by atoms with Gasteiger partial charge in [-0.2, -0.15) is 0 Å². The smallest absolute Gasteiger partial charge is 0.177 e. The van der Waals surface area contributed by atoms with Gasteiger partial charge >= 0.3 is 0 Å². The molecule has 0 heterocycles. The molecule has 1 aromatic rings. The monoisotopic (exact) mass is 176 g/mol. The van der Waals surface area contributed by atoms with Crippen molar-refractivity contribution in [2.75, 3.05) is 0 Å². The third kappa shape index (κ3) is 2.16. The number of benzene rings is 1. The number of carbonyl (C=O) groups is 1. The van der Waals surface area contributed by atoms with Crippen molar-refractivity contribution in [3.05, 3.63) is 35.1 Å². The van der Waals surface area contributed by atoms with E-state index in [0.29, 0.717) is 0 Å². The Kier molecular flexibility index (Phi) is 2.81. The number of carbonyl (C=O) groups excluding carboxylic acids is 1. The Bertz CT molecular complexity index is 374. The second kappa shape index (κ2) is 3.86. The van der Waals surface area contributed by atoms with Gasteiger partial charge in [-0.3, -0.25) is 4.79 Å². The molecule has 0 saturated carbocycles. The van der Waals surface area contributed by atoms with Crippen LogP contribution in [0.2, 0.25) is 0 Å². The van der Waals surface area contributed by atoms with Gasteiger partial charge in [0.2, 0.25) is 0 Å². The molecule has 0 aromatic heterocycles. The number of Topliss-reactive ketones (excluding diaryl/α,β-unsaturated/α-hetero) is 1. The van der Waals surface area contributed by atoms with Gasteiger partial charge in [-0.25, -0.2) is 4.39 Å². The molecule has 2 heteroatoms. The minimum absolute atomic E-state index is 0.0552. The molecular weight excluding hydrogens is 167 g/mol. The molecule has 13 heavy (non-hydrogen) atoms. The summed E-state index contributed by atoms with van der Waals surface area (Å²) in [5.41, 5.74) is 0.930. The summed E-state index contributed by atoms with van der Waals surface area (Å²) in [6.45, 7) is 1.80. The zero-order valence-corrected chi connectivity index (χ0v) is 7.30. The van der Waals surface area contributed by atoms with Crippen molar-refractivity contribution in [3.8, 4) is 12.3 Å². The first-order valence-electron chi connectivity index (χ1n) is 3.88. The van der Waals surface area contributed by atoms with Crippen LogP contribution in [0, 0.1) is 25.1 Å². The van der Waals surface area contributed by atoms with E-state index >= 15 is 0 Å². The molecule has 0 unspecified atom stereocenters. The van der Waals surface area contributed by atoms with Crippen LogP contribution in [-0.4, -0.2) is 5.78 Å². The second-order valence-corrected chi connectivity index (χ2v) is 2.79. The van der Waals surface area contributed by atoms with Crippen molar-refractivity contribution in [2.45, 2.75) is 13.3 Å². The lowest BCUT2D eigenvalue weighted by Gasteiger charge is -2.00. The highest BCUT2D eigenvalue weighted by Gasteiger charge is 2.09. The fourth-order valence-electron chi connectivity index (χ4n) is 1.04. The summed E-state index contributed by atoms with van der Waals surface area (Å²) in [5, 5.41) is 0. The van der Waals surface area contributed by atoms with E-state index in [1.165, 1.54) is 12.1 Å². The molecule has 0 aliphatic carbocycles. The molecular formula is C11H9FO. The second-order valence-electron chi connectivity index (χ2n) is 2.79. The average Bonchev–Trinajstić information content (AvgIpc) is 2.09. The first-order chi connectivity index (χ1) is 6.15. The number of hydrogen-bond donors (Lipinski definition) is 0. The van der Waals surface area contributed by atoms with E-state index in [4.69, 9.17) is 6.42 Å². The number of halogens is 1. The van der Waals surface area contributed by atoms with Crippen LogP contribution in [0.1, 0.15) is 22.3 Å². The van der Waals surface area contributed by atoms with Crippen molar-refractivity contribution < 1.29 is 9.18 Å². The lowest BCUT2D eigenvalue weighted by Crippen LogP contribution is -2.01. The third-order valence-corrected chi connectivity index (χ3v) is 1.68. The molecule has 0 radical (unpaired) electrons. The number of rotatable bonds is 2. The van der Waals surface area contributed by atoms with Crippen LogP contribution in [-0.2, 0) is 0 Å². The van der Waals surface area contributed by atoms with Gasteiger partial charge in [0, 0.05) is 0 Å². The van der Waals surface area contributed by atoms with Crippen molar-refractivity contribution in [2.24, 2.45) is 0 Å². The number of ketones is 1. The normalized spacial score (nSPS) is 9.31. The third-order valence-electron chi connectivity index (χ3n) is 1.68. The molecule has 0 amide bonds. The van der Waals surface area contributed by atoms with E-state index in [2.05, 4.69) is 5.92 Å². The van der Waals surface area contributed by atoms with E-state index in [9.17, 15) is 9.18 Å². The molecule has 0 aliphatic rings. The fraction of sp³-hybridized carbons (Fsp3) is 0.182. The van der Waals surface area contributed by atoms with Crippen LogP contribution in [0.3, 0.4) is 0 Å². The predicted octanol–water partition coefficient (Wildman–Crippen LogP) is 2.34. The van der Waals surface area contributed by atoms with E-state index in [1.807, 2.05) is 0 Å². The van der Waals surface area contributed by atoms with Crippen LogP contribution in [0.25, 0.3) is 0 Å². The molecule has 0 atom stereocenters. The summed E-state index contributed by atoms with van der Waals surface area (Å²) in [5.74, 6) is 1.34. The largest absolute Gasteiger partial charge is 0.293 e. The maximum atomic E-state index is 13.1. The molecule has 1 nitrogen and oxygen atoms in total. The summed E-state index contributed by atoms with van der Waals surface area (Å²) in [6.07, 6.45) is 4.91. The van der Waals surface area contributed by atoms with Gasteiger partial charge in [0.25, 0.3) is 0 Å². The predicted molar refractivity (Wildman–Crippen MR) is 48.9 cm³/mol. The zero-order chi connectivity index (χ0) is 9.84. The molecule has 0 saturated heterocycles. The summed E-state index contributed by atoms with van der Waals surface area (Å²) < 4.78 is 13.1. The van der Waals surface area contributed by atoms with Crippen molar-refractivity contribution >= 4 is 5.78 Å². The summed E-state index contributed by atoms with van der Waals surface area (Å²) >= 11 is 0. The van der Waals surface area contributed by atoms with Gasteiger partial charge in [0.15, 0.2) is 5.78 Å². The molecule has 1 aromatic carbocycles. The molecule has 0 fully saturated rings. The van der Waals surface area contributed by atoms with E-state index < -0.39 is 5.82 Å². The number of terminal acetylenes is 1. The summed E-state index contributed by atoms with van der Waals surface area (Å²) in [7, 11) is 0. The summed E-state index contributed by atoms with van der Waals surface area (Å²) in [6, 6.07) is 4.40. The van der Waals surface area contributed by atoms with Crippen molar-refractivity contribution in [1.82, 2.24) is 0 Å². The molecule has 66 valence electrons. The van der Waals surface area contributed by atoms with Crippen LogP contribution in [0.5, 0.6) is 0 Å². The highest BCUT2D eigenvalue weighted by molar-refractivity contribution is 5.97. The topological polar surface area (TPSA) is 17.1 Å². The van der Waals surface area contributed by atoms with Gasteiger partial charge in [0.05, 0.1) is 12.0 Å². The van der Waals surface area contributed by atoms with Gasteiger partial charge < -0.3 is 0 Å². The first-order valence-corrected chi connectivity index (χ1v) is 3.88. The Labute approximate surface area is 76.6 Å². The van der Waals surface area contributed by atoms with Gasteiger partial charge in [0.1, 0.15) is 5.82 Å². The lowest BCUT2D eigenvalue weighted by atomic mass is 10.1. The number of aryl methyl sites for hydroxylation is 1. The Morgan fingerprint density at radius 1 is 1.62 bits per heavy atom. The molecule has 0 spiro atoms. The fourth-order valence-corrected chi connectivity index (χ4v) is 1.04. The average molecular weight is 176 g/mol. The Morgan fingerprint density at radius 2 is 2.31 bits per heavy atom. The van der Waals surface area contributed by atoms with Crippen LogP contribution < -0.4 is 0 Å². The first kappa shape index (κ1) is 9.47. The zero-order valence-electron chi connectivity index (χ0n) is 7.30. The lowest BCUT2D eigenvalue weighted by molar-refractivity contribution is 0.0994. The van der Waals surface area contributed by atoms with Gasteiger partial charge in [-0.1, -0.05) is 17.6 Å². The Morgan fingerprint density at radius 3 is 2.92 bits per heavy atom. The van der Waals surface area contributed by atoms with Crippen LogP contribution in [0.4, 0.5) is 4.39 Å². The van der Waals surface area contributed by atoms with Gasteiger partial charge in [-0.15, -0.1) is 6.42 Å². The SMILES string of the molecule is C#CCC(=O)c1cc(C)ccc1F. The van der Waals surface area contributed by atoms with E-state index in [-0.39, 0.29) is 17.8 Å². The Balaban J connectivity index is 3.07. The molecule has 0 N–H and O–H groups in total. The minimum Gasteiger partial charge on any atom is -0.293 e. The molecule has 0 bridgehead atoms. The maximum absolute atomic E-state index is 13.1. The molecule has 0 aliphatic heterocycles. The quantitative estimate of drug-likeness (QED) is 0.499. The standard InChI is InChI=1S/C11H9FO/c1-3-4-11(13)9-7-8(2)5-6-10(9)12/h1,5-7H,4H2,2H3. The number of hydrogen-bond acceptors (Lipinski definition) is 1. The Hall–Kier alpha value is -1.62. The molecule has 1 rings (SSSR count). The van der Waals surface area contributed by atoms with Crippen molar-refractivity contribution in [3.63, 3.8) is 0 Å². The van der Waals surface area contributed by atoms with E-state index in [1.54, 1.807) is 13.0 Å². The van der Waals surface area contributed by atoms with Gasteiger partial charge in [-0.05, 0) is 19.1 Å². The highest BCUT2D eigenvalue weighted by Crippen LogP contribution is 2.11. The maximum Gasteiger partial charge on any atom is 0.177 e. The van der Waals surface area contributed by atoms with Crippen molar-refractivity contribution in [1.29, 1.82) is 0 Å². The van der Waals surface area contributed by atoms with E-state index in [0.717, 1.165) is 5.56 Å². The van der Waals surface area contributed by atoms with Crippen LogP contribution >= 0.6 is 0 Å². The minimum atomic E-state index is -0.508. The highest BCUT2D eigenvalue weighted by atomic mass is 19.1. The van der Waals surface area contributed by atoms with Crippen LogP contribution in [0.15, 0.2) is 18.2 Å². The summed E-state index contributed by atoms with van der Waals surface area (Å²) in [4.78, 5) is 11.2.